The van der Waals surface area contributed by atoms with Crippen LogP contribution in [0.25, 0.3) is 0 Å². The smallest absolute Gasteiger partial charge is 0.125 e. The third-order valence-electron chi connectivity index (χ3n) is 7.62. The van der Waals surface area contributed by atoms with Gasteiger partial charge < -0.3 is 15.4 Å². The average Bonchev–Trinajstić information content (AvgIpc) is 2.73. The number of nitrogens with one attached hydrogen (secondary N) is 4. The number of fused-ring (bicyclic) bond motifs is 1. The van der Waals surface area contributed by atoms with Crippen LogP contribution in [0.2, 0.25) is 0 Å². The van der Waals surface area contributed by atoms with E-state index in [0.717, 1.165) is 19.6 Å². The fourth-order valence-corrected chi connectivity index (χ4v) is 6.62. The standard InChI is InChI=1S/C21H37ClN4O/c1-3-13-6-7-14(11-16(13)22)19-15(5-4-10-23-19)17-8-9-18-20(26-17)21(27-2)25-12-24-18/h3,13-21,23-26H,1,4-12H2,2H3. The number of allylic oxidation sites excluding steroid dienone is 1. The highest BCUT2D eigenvalue weighted by atomic mass is 35.5. The molecule has 3 saturated heterocycles. The van der Waals surface area contributed by atoms with Crippen LogP contribution in [0.3, 0.4) is 0 Å². The van der Waals surface area contributed by atoms with Gasteiger partial charge in [-0.2, -0.15) is 0 Å². The van der Waals surface area contributed by atoms with E-state index in [2.05, 4.69) is 33.9 Å². The number of hydrogen-bond acceptors (Lipinski definition) is 5. The summed E-state index contributed by atoms with van der Waals surface area (Å²) in [6, 6.07) is 2.01. The second-order valence-corrected chi connectivity index (χ2v) is 9.56. The summed E-state index contributed by atoms with van der Waals surface area (Å²) in [4.78, 5) is 0. The summed E-state index contributed by atoms with van der Waals surface area (Å²) < 4.78 is 5.72. The summed E-state index contributed by atoms with van der Waals surface area (Å²) in [5, 5.41) is 15.2. The molecule has 9 atom stereocenters. The predicted octanol–water partition coefficient (Wildman–Crippen LogP) is 2.18. The van der Waals surface area contributed by atoms with Crippen molar-refractivity contribution in [3.05, 3.63) is 12.7 Å². The van der Waals surface area contributed by atoms with E-state index in [1.807, 2.05) is 7.11 Å². The van der Waals surface area contributed by atoms with E-state index in [9.17, 15) is 0 Å². The number of alkyl halides is 1. The molecule has 3 heterocycles. The molecular formula is C21H37ClN4O. The molecule has 0 amide bonds. The molecular weight excluding hydrogens is 360 g/mol. The number of piperidine rings is 2. The molecule has 0 aromatic heterocycles. The number of methoxy groups -OCH3 is 1. The highest BCUT2D eigenvalue weighted by Crippen LogP contribution is 2.40. The van der Waals surface area contributed by atoms with Gasteiger partial charge in [-0.15, -0.1) is 18.2 Å². The molecule has 27 heavy (non-hydrogen) atoms. The number of hydrogen-bond donors (Lipinski definition) is 4. The molecule has 154 valence electrons. The SMILES string of the molecule is C=CC1CCC(C2NCCCC2C2CCC3NCNC(OC)C3N2)CC1Cl. The van der Waals surface area contributed by atoms with E-state index >= 15 is 0 Å². The predicted molar refractivity (Wildman–Crippen MR) is 111 cm³/mol. The molecule has 0 spiro atoms. The molecule has 0 radical (unpaired) electrons. The van der Waals surface area contributed by atoms with Crippen molar-refractivity contribution >= 4 is 11.6 Å². The van der Waals surface area contributed by atoms with Crippen molar-refractivity contribution in [3.63, 3.8) is 0 Å². The van der Waals surface area contributed by atoms with Crippen LogP contribution in [-0.2, 0) is 4.74 Å². The Hall–Kier alpha value is -0.170. The van der Waals surface area contributed by atoms with E-state index in [0.29, 0.717) is 41.9 Å². The van der Waals surface area contributed by atoms with Gasteiger partial charge in [0.15, 0.2) is 0 Å². The van der Waals surface area contributed by atoms with Gasteiger partial charge >= 0.3 is 0 Å². The van der Waals surface area contributed by atoms with Crippen molar-refractivity contribution in [3.8, 4) is 0 Å². The zero-order valence-electron chi connectivity index (χ0n) is 16.6. The first-order chi connectivity index (χ1) is 13.2. The summed E-state index contributed by atoms with van der Waals surface area (Å²) in [5.74, 6) is 1.86. The summed E-state index contributed by atoms with van der Waals surface area (Å²) in [6.45, 7) is 5.97. The largest absolute Gasteiger partial charge is 0.365 e. The number of rotatable bonds is 4. The quantitative estimate of drug-likeness (QED) is 0.433. The molecule has 4 fully saturated rings. The molecule has 3 aliphatic heterocycles. The number of ether oxygens (including phenoxy) is 1. The monoisotopic (exact) mass is 396 g/mol. The van der Waals surface area contributed by atoms with Crippen LogP contribution in [0.1, 0.15) is 44.9 Å². The molecule has 9 unspecified atom stereocenters. The lowest BCUT2D eigenvalue weighted by atomic mass is 9.69. The van der Waals surface area contributed by atoms with Crippen LogP contribution in [0.5, 0.6) is 0 Å². The maximum atomic E-state index is 6.71. The second kappa shape index (κ2) is 9.10. The minimum Gasteiger partial charge on any atom is -0.365 e. The van der Waals surface area contributed by atoms with Gasteiger partial charge in [0.25, 0.3) is 0 Å². The van der Waals surface area contributed by atoms with Gasteiger partial charge in [0.05, 0.1) is 6.04 Å². The molecule has 6 heteroatoms. The summed E-state index contributed by atoms with van der Waals surface area (Å²) >= 11 is 6.71. The molecule has 1 saturated carbocycles. The molecule has 5 nitrogen and oxygen atoms in total. The van der Waals surface area contributed by atoms with Gasteiger partial charge in [-0.05, 0) is 69.2 Å². The summed E-state index contributed by atoms with van der Waals surface area (Å²) in [6.07, 6.45) is 10.8. The molecule has 1 aliphatic carbocycles. The molecule has 4 rings (SSSR count). The van der Waals surface area contributed by atoms with Gasteiger partial charge in [0.1, 0.15) is 6.23 Å². The lowest BCUT2D eigenvalue weighted by Crippen LogP contribution is -2.71. The lowest BCUT2D eigenvalue weighted by molar-refractivity contribution is -0.0182. The lowest BCUT2D eigenvalue weighted by Gasteiger charge is -2.50. The van der Waals surface area contributed by atoms with Crippen molar-refractivity contribution in [2.45, 2.75) is 80.7 Å². The maximum absolute atomic E-state index is 6.71. The van der Waals surface area contributed by atoms with E-state index in [4.69, 9.17) is 16.3 Å². The second-order valence-electron chi connectivity index (χ2n) is 9.00. The minimum absolute atomic E-state index is 0.101. The normalized spacial score (nSPS) is 48.6. The van der Waals surface area contributed by atoms with Gasteiger partial charge in [0.2, 0.25) is 0 Å². The first-order valence-electron chi connectivity index (χ1n) is 11.0. The number of halogens is 1. The van der Waals surface area contributed by atoms with Crippen molar-refractivity contribution in [2.75, 3.05) is 20.3 Å². The topological polar surface area (TPSA) is 57.3 Å². The Kier molecular flexibility index (Phi) is 6.78. The molecule has 0 bridgehead atoms. The fourth-order valence-electron chi connectivity index (χ4n) is 6.16. The highest BCUT2D eigenvalue weighted by Gasteiger charge is 2.44. The Morgan fingerprint density at radius 2 is 1.85 bits per heavy atom. The Labute approximate surface area is 169 Å². The first kappa shape index (κ1) is 20.1. The Morgan fingerprint density at radius 1 is 1.00 bits per heavy atom. The van der Waals surface area contributed by atoms with E-state index in [1.165, 1.54) is 38.5 Å². The Morgan fingerprint density at radius 3 is 2.63 bits per heavy atom. The van der Waals surface area contributed by atoms with Crippen LogP contribution >= 0.6 is 11.6 Å². The van der Waals surface area contributed by atoms with E-state index < -0.39 is 0 Å². The summed E-state index contributed by atoms with van der Waals surface area (Å²) in [5.41, 5.74) is 0. The Balaban J connectivity index is 1.44. The van der Waals surface area contributed by atoms with Gasteiger partial charge in [-0.3, -0.25) is 10.6 Å². The third-order valence-corrected chi connectivity index (χ3v) is 8.12. The van der Waals surface area contributed by atoms with Crippen LogP contribution in [-0.4, -0.2) is 56.1 Å². The van der Waals surface area contributed by atoms with Crippen LogP contribution in [0, 0.1) is 17.8 Å². The minimum atomic E-state index is 0.101. The van der Waals surface area contributed by atoms with Gasteiger partial charge in [-0.1, -0.05) is 6.08 Å². The molecule has 4 N–H and O–H groups in total. The Bertz CT molecular complexity index is 501. The molecule has 0 aromatic rings. The maximum Gasteiger partial charge on any atom is 0.125 e. The van der Waals surface area contributed by atoms with Gasteiger partial charge in [-0.25, -0.2) is 0 Å². The van der Waals surface area contributed by atoms with Crippen molar-refractivity contribution < 1.29 is 4.74 Å². The van der Waals surface area contributed by atoms with Crippen LogP contribution in [0.4, 0.5) is 0 Å². The van der Waals surface area contributed by atoms with Gasteiger partial charge in [0, 0.05) is 37.3 Å². The van der Waals surface area contributed by atoms with Crippen LogP contribution < -0.4 is 21.3 Å². The summed E-state index contributed by atoms with van der Waals surface area (Å²) in [7, 11) is 1.81. The van der Waals surface area contributed by atoms with E-state index in [-0.39, 0.29) is 11.6 Å². The zero-order chi connectivity index (χ0) is 18.8. The van der Waals surface area contributed by atoms with Crippen molar-refractivity contribution in [2.24, 2.45) is 17.8 Å². The third kappa shape index (κ3) is 4.24. The average molecular weight is 397 g/mol. The highest BCUT2D eigenvalue weighted by molar-refractivity contribution is 6.21. The fraction of sp³-hybridized carbons (Fsp3) is 0.905. The first-order valence-corrected chi connectivity index (χ1v) is 11.4. The van der Waals surface area contributed by atoms with E-state index in [1.54, 1.807) is 0 Å². The molecule has 4 aliphatic rings. The van der Waals surface area contributed by atoms with Crippen molar-refractivity contribution in [1.29, 1.82) is 0 Å². The van der Waals surface area contributed by atoms with Crippen LogP contribution in [0.15, 0.2) is 12.7 Å². The molecule has 0 aromatic carbocycles. The van der Waals surface area contributed by atoms with Crippen molar-refractivity contribution in [1.82, 2.24) is 21.3 Å². The zero-order valence-corrected chi connectivity index (χ0v) is 17.4.